The number of rotatable bonds is 7. The van der Waals surface area contributed by atoms with Gasteiger partial charge in [0.15, 0.2) is 11.0 Å². The van der Waals surface area contributed by atoms with Gasteiger partial charge in [-0.2, -0.15) is 0 Å². The van der Waals surface area contributed by atoms with Crippen LogP contribution in [0.5, 0.6) is 0 Å². The fourth-order valence-electron chi connectivity index (χ4n) is 2.58. The lowest BCUT2D eigenvalue weighted by atomic mass is 10.1. The minimum absolute atomic E-state index is 0.147. The highest BCUT2D eigenvalue weighted by Gasteiger charge is 2.16. The van der Waals surface area contributed by atoms with E-state index < -0.39 is 5.91 Å². The van der Waals surface area contributed by atoms with E-state index in [1.165, 1.54) is 16.6 Å². The smallest absolute Gasteiger partial charge is 0.250 e. The molecule has 0 atom stereocenters. The predicted octanol–water partition coefficient (Wildman–Crippen LogP) is 3.16. The first-order chi connectivity index (χ1) is 13.0. The number of thioether (sulfide) groups is 1. The second-order valence-electron chi connectivity index (χ2n) is 5.74. The number of thiophene rings is 1. The highest BCUT2D eigenvalue weighted by atomic mass is 32.2. The summed E-state index contributed by atoms with van der Waals surface area (Å²) in [6.45, 7) is 4.76. The first-order valence-corrected chi connectivity index (χ1v) is 10.2. The molecule has 27 heavy (non-hydrogen) atoms. The number of aromatic nitrogens is 3. The molecule has 7 nitrogen and oxygen atoms in total. The van der Waals surface area contributed by atoms with E-state index in [-0.39, 0.29) is 17.2 Å². The number of aryl methyl sites for hydroxylation is 1. The molecule has 0 saturated heterocycles. The van der Waals surface area contributed by atoms with E-state index in [9.17, 15) is 9.59 Å². The van der Waals surface area contributed by atoms with Gasteiger partial charge in [-0.15, -0.1) is 21.5 Å². The Bertz CT molecular complexity index is 980. The van der Waals surface area contributed by atoms with Gasteiger partial charge in [0, 0.05) is 22.4 Å². The molecule has 0 bridgehead atoms. The van der Waals surface area contributed by atoms with Crippen LogP contribution in [-0.4, -0.2) is 32.3 Å². The third-order valence-corrected chi connectivity index (χ3v) is 5.65. The molecule has 2 aromatic heterocycles. The van der Waals surface area contributed by atoms with E-state index in [0.717, 1.165) is 11.4 Å². The SMILES string of the molecule is CCn1c(SCC(=O)Nc2ccccc2C(N)=O)nnc1-c1csc(C)c1. The number of carbonyl (C=O) groups excluding carboxylic acids is 2. The molecule has 9 heteroatoms. The van der Waals surface area contributed by atoms with Crippen molar-refractivity contribution < 1.29 is 9.59 Å². The molecule has 0 aliphatic rings. The van der Waals surface area contributed by atoms with Crippen LogP contribution in [0.3, 0.4) is 0 Å². The lowest BCUT2D eigenvalue weighted by molar-refractivity contribution is -0.113. The molecule has 0 saturated carbocycles. The van der Waals surface area contributed by atoms with Crippen molar-refractivity contribution in [1.82, 2.24) is 14.8 Å². The molecule has 0 aliphatic heterocycles. The molecule has 3 aromatic rings. The van der Waals surface area contributed by atoms with Crippen molar-refractivity contribution in [2.75, 3.05) is 11.1 Å². The van der Waals surface area contributed by atoms with Crippen molar-refractivity contribution in [3.63, 3.8) is 0 Å². The Labute approximate surface area is 165 Å². The van der Waals surface area contributed by atoms with Crippen LogP contribution in [0.15, 0.2) is 40.9 Å². The summed E-state index contributed by atoms with van der Waals surface area (Å²) in [6, 6.07) is 8.73. The van der Waals surface area contributed by atoms with Crippen LogP contribution in [0.2, 0.25) is 0 Å². The number of nitrogens with one attached hydrogen (secondary N) is 1. The maximum absolute atomic E-state index is 12.3. The zero-order valence-electron chi connectivity index (χ0n) is 14.9. The second kappa shape index (κ2) is 8.36. The van der Waals surface area contributed by atoms with Gasteiger partial charge in [-0.3, -0.25) is 9.59 Å². The van der Waals surface area contributed by atoms with Crippen LogP contribution in [0.1, 0.15) is 22.2 Å². The van der Waals surface area contributed by atoms with E-state index in [2.05, 4.69) is 21.6 Å². The van der Waals surface area contributed by atoms with Gasteiger partial charge in [0.25, 0.3) is 5.91 Å². The summed E-state index contributed by atoms with van der Waals surface area (Å²) in [4.78, 5) is 25.0. The maximum Gasteiger partial charge on any atom is 0.250 e. The maximum atomic E-state index is 12.3. The molecule has 3 N–H and O–H groups in total. The quantitative estimate of drug-likeness (QED) is 0.592. The molecular formula is C18H19N5O2S2. The van der Waals surface area contributed by atoms with Crippen molar-refractivity contribution >= 4 is 40.6 Å². The number of carbonyl (C=O) groups is 2. The summed E-state index contributed by atoms with van der Waals surface area (Å²) in [5.74, 6) is 0.115. The van der Waals surface area contributed by atoms with Crippen molar-refractivity contribution in [2.24, 2.45) is 5.73 Å². The summed E-state index contributed by atoms with van der Waals surface area (Å²) >= 11 is 2.96. The first-order valence-electron chi connectivity index (χ1n) is 8.29. The van der Waals surface area contributed by atoms with Crippen LogP contribution in [0.25, 0.3) is 11.4 Å². The Morgan fingerprint density at radius 3 is 2.74 bits per heavy atom. The van der Waals surface area contributed by atoms with Crippen LogP contribution in [0, 0.1) is 6.92 Å². The van der Waals surface area contributed by atoms with Gasteiger partial charge in [0.1, 0.15) is 0 Å². The molecule has 2 amide bonds. The fourth-order valence-corrected chi connectivity index (χ4v) is 4.06. The molecule has 1 aromatic carbocycles. The van der Waals surface area contributed by atoms with Gasteiger partial charge in [-0.25, -0.2) is 0 Å². The number of hydrogen-bond acceptors (Lipinski definition) is 6. The number of amides is 2. The van der Waals surface area contributed by atoms with Crippen LogP contribution in [0.4, 0.5) is 5.69 Å². The van der Waals surface area contributed by atoms with Gasteiger partial charge >= 0.3 is 0 Å². The second-order valence-corrected chi connectivity index (χ2v) is 7.80. The van der Waals surface area contributed by atoms with Crippen LogP contribution in [-0.2, 0) is 11.3 Å². The van der Waals surface area contributed by atoms with Crippen molar-refractivity contribution in [3.05, 3.63) is 46.2 Å². The van der Waals surface area contributed by atoms with Crippen LogP contribution < -0.4 is 11.1 Å². The lowest BCUT2D eigenvalue weighted by Gasteiger charge is -2.09. The summed E-state index contributed by atoms with van der Waals surface area (Å²) in [5.41, 5.74) is 7.05. The van der Waals surface area contributed by atoms with E-state index in [1.807, 2.05) is 23.8 Å². The van der Waals surface area contributed by atoms with E-state index >= 15 is 0 Å². The average Bonchev–Trinajstić information content (AvgIpc) is 3.25. The summed E-state index contributed by atoms with van der Waals surface area (Å²) in [6.07, 6.45) is 0. The zero-order chi connectivity index (χ0) is 19.4. The number of para-hydroxylation sites is 1. The highest BCUT2D eigenvalue weighted by molar-refractivity contribution is 7.99. The average molecular weight is 402 g/mol. The molecule has 0 aliphatic carbocycles. The summed E-state index contributed by atoms with van der Waals surface area (Å²) in [5, 5.41) is 13.9. The zero-order valence-corrected chi connectivity index (χ0v) is 16.6. The monoisotopic (exact) mass is 401 g/mol. The molecule has 0 fully saturated rings. The molecule has 2 heterocycles. The lowest BCUT2D eigenvalue weighted by Crippen LogP contribution is -2.19. The number of primary amides is 1. The minimum atomic E-state index is -0.583. The molecule has 0 spiro atoms. The number of benzene rings is 1. The Balaban J connectivity index is 1.69. The highest BCUT2D eigenvalue weighted by Crippen LogP contribution is 2.27. The van der Waals surface area contributed by atoms with Crippen molar-refractivity contribution in [1.29, 1.82) is 0 Å². The van der Waals surface area contributed by atoms with Gasteiger partial charge in [0.05, 0.1) is 17.0 Å². The number of anilines is 1. The fraction of sp³-hybridized carbons (Fsp3) is 0.222. The number of hydrogen-bond donors (Lipinski definition) is 2. The van der Waals surface area contributed by atoms with Crippen LogP contribution >= 0.6 is 23.1 Å². The Morgan fingerprint density at radius 1 is 1.30 bits per heavy atom. The van der Waals surface area contributed by atoms with E-state index in [0.29, 0.717) is 17.4 Å². The van der Waals surface area contributed by atoms with Crippen molar-refractivity contribution in [2.45, 2.75) is 25.5 Å². The third-order valence-electron chi connectivity index (χ3n) is 3.82. The molecule has 0 radical (unpaired) electrons. The summed E-state index contributed by atoms with van der Waals surface area (Å²) in [7, 11) is 0. The largest absolute Gasteiger partial charge is 0.366 e. The van der Waals surface area contributed by atoms with Gasteiger partial charge in [-0.1, -0.05) is 23.9 Å². The number of nitrogens with two attached hydrogens (primary N) is 1. The summed E-state index contributed by atoms with van der Waals surface area (Å²) < 4.78 is 1.98. The van der Waals surface area contributed by atoms with E-state index in [4.69, 9.17) is 5.73 Å². The van der Waals surface area contributed by atoms with Gasteiger partial charge in [-0.05, 0) is 32.0 Å². The van der Waals surface area contributed by atoms with E-state index in [1.54, 1.807) is 35.6 Å². The topological polar surface area (TPSA) is 103 Å². The molecular weight excluding hydrogens is 382 g/mol. The number of nitrogens with zero attached hydrogens (tertiary/aromatic N) is 3. The molecule has 0 unspecified atom stereocenters. The predicted molar refractivity (Wildman–Crippen MR) is 108 cm³/mol. The minimum Gasteiger partial charge on any atom is -0.366 e. The first kappa shape index (κ1) is 19.1. The van der Waals surface area contributed by atoms with Gasteiger partial charge < -0.3 is 15.6 Å². The Hall–Kier alpha value is -2.65. The molecule has 140 valence electrons. The van der Waals surface area contributed by atoms with Crippen molar-refractivity contribution in [3.8, 4) is 11.4 Å². The van der Waals surface area contributed by atoms with Gasteiger partial charge in [0.2, 0.25) is 5.91 Å². The Morgan fingerprint density at radius 2 is 2.07 bits per heavy atom. The standard InChI is InChI=1S/C18H19N5O2S2/c1-3-23-17(12-8-11(2)26-9-12)21-22-18(23)27-10-15(24)20-14-7-5-4-6-13(14)16(19)25/h4-9H,3,10H2,1-2H3,(H2,19,25)(H,20,24). The third kappa shape index (κ3) is 4.37. The normalized spacial score (nSPS) is 10.7. The Kier molecular flexibility index (Phi) is 5.92. The molecule has 3 rings (SSSR count).